The molecule has 0 aliphatic heterocycles. The third kappa shape index (κ3) is 4.61. The number of carbonyl (C=O) groups excluding carboxylic acids is 1. The van der Waals surface area contributed by atoms with Gasteiger partial charge in [0, 0.05) is 31.4 Å². The quantitative estimate of drug-likeness (QED) is 0.789. The topological polar surface area (TPSA) is 92.4 Å². The minimum Gasteiger partial charge on any atom is -0.478 e. The van der Waals surface area contributed by atoms with Gasteiger partial charge in [-0.1, -0.05) is 0 Å². The van der Waals surface area contributed by atoms with E-state index in [9.17, 15) is 9.59 Å². The summed E-state index contributed by atoms with van der Waals surface area (Å²) >= 11 is 0. The van der Waals surface area contributed by atoms with E-state index in [0.717, 1.165) is 11.8 Å². The van der Waals surface area contributed by atoms with Crippen LogP contribution in [0.2, 0.25) is 0 Å². The van der Waals surface area contributed by atoms with Gasteiger partial charge in [0.2, 0.25) is 0 Å². The lowest BCUT2D eigenvalue weighted by Gasteiger charge is -2.04. The molecule has 0 bridgehead atoms. The summed E-state index contributed by atoms with van der Waals surface area (Å²) in [5.74, 6) is -0.519. The van der Waals surface area contributed by atoms with Gasteiger partial charge in [-0.25, -0.2) is 4.79 Å². The molecule has 2 aromatic rings. The van der Waals surface area contributed by atoms with Gasteiger partial charge in [-0.05, 0) is 29.8 Å². The lowest BCUT2D eigenvalue weighted by Crippen LogP contribution is -2.25. The van der Waals surface area contributed by atoms with Crippen LogP contribution in [0.5, 0.6) is 0 Å². The summed E-state index contributed by atoms with van der Waals surface area (Å²) in [6, 6.07) is 5.21. The lowest BCUT2D eigenvalue weighted by atomic mass is 10.2. The smallest absolute Gasteiger partial charge is 0.328 e. The number of nitrogens with one attached hydrogen (secondary N) is 1. The van der Waals surface area contributed by atoms with Crippen molar-refractivity contribution in [1.82, 2.24) is 10.3 Å². The van der Waals surface area contributed by atoms with Crippen molar-refractivity contribution < 1.29 is 19.1 Å². The fourth-order valence-corrected chi connectivity index (χ4v) is 1.70. The van der Waals surface area contributed by atoms with E-state index >= 15 is 0 Å². The number of hydrogen-bond acceptors (Lipinski definition) is 4. The van der Waals surface area contributed by atoms with Gasteiger partial charge in [0.05, 0.1) is 11.8 Å². The molecular weight excluding hydrogens is 272 g/mol. The molecule has 0 radical (unpaired) electrons. The van der Waals surface area contributed by atoms with Crippen molar-refractivity contribution in [2.45, 2.75) is 6.42 Å². The Hall–Kier alpha value is -2.89. The SMILES string of the molecule is O=C(O)C=Cc1cncc(C(=O)NCCc2ccco2)c1. The highest BCUT2D eigenvalue weighted by Gasteiger charge is 2.06. The van der Waals surface area contributed by atoms with Crippen LogP contribution in [0.4, 0.5) is 0 Å². The highest BCUT2D eigenvalue weighted by Crippen LogP contribution is 2.05. The Morgan fingerprint density at radius 3 is 2.95 bits per heavy atom. The molecule has 0 saturated heterocycles. The standard InChI is InChI=1S/C15H14N2O4/c18-14(19)4-3-11-8-12(10-16-9-11)15(20)17-6-5-13-2-1-7-21-13/h1-4,7-10H,5-6H2,(H,17,20)(H,18,19). The van der Waals surface area contributed by atoms with Crippen molar-refractivity contribution in [3.8, 4) is 0 Å². The maximum absolute atomic E-state index is 11.9. The number of carboxylic acid groups (broad SMARTS) is 1. The average Bonchev–Trinajstić information content (AvgIpc) is 2.98. The monoisotopic (exact) mass is 286 g/mol. The molecule has 2 heterocycles. The average molecular weight is 286 g/mol. The minimum atomic E-state index is -1.05. The summed E-state index contributed by atoms with van der Waals surface area (Å²) in [6.07, 6.45) is 7.48. The Kier molecular flexibility index (Phi) is 4.87. The summed E-state index contributed by atoms with van der Waals surface area (Å²) in [5.41, 5.74) is 0.929. The number of hydrogen-bond donors (Lipinski definition) is 2. The fraction of sp³-hybridized carbons (Fsp3) is 0.133. The summed E-state index contributed by atoms with van der Waals surface area (Å²) in [4.78, 5) is 26.3. The van der Waals surface area contributed by atoms with Gasteiger partial charge in [-0.2, -0.15) is 0 Å². The van der Waals surface area contributed by atoms with Crippen molar-refractivity contribution in [2.24, 2.45) is 0 Å². The van der Waals surface area contributed by atoms with Gasteiger partial charge in [0.1, 0.15) is 5.76 Å². The fourth-order valence-electron chi connectivity index (χ4n) is 1.70. The molecule has 0 saturated carbocycles. The van der Waals surface area contributed by atoms with Gasteiger partial charge in [-0.3, -0.25) is 9.78 Å². The Bertz CT molecular complexity index is 647. The molecule has 2 rings (SSSR count). The van der Waals surface area contributed by atoms with Crippen molar-refractivity contribution in [2.75, 3.05) is 6.54 Å². The van der Waals surface area contributed by atoms with Gasteiger partial charge < -0.3 is 14.8 Å². The second kappa shape index (κ2) is 7.04. The van der Waals surface area contributed by atoms with Crippen LogP contribution in [0.25, 0.3) is 6.08 Å². The molecule has 2 aromatic heterocycles. The van der Waals surface area contributed by atoms with Crippen LogP contribution >= 0.6 is 0 Å². The van der Waals surface area contributed by atoms with E-state index in [4.69, 9.17) is 9.52 Å². The van der Waals surface area contributed by atoms with E-state index in [-0.39, 0.29) is 5.91 Å². The molecule has 0 unspecified atom stereocenters. The number of rotatable bonds is 6. The molecule has 0 fully saturated rings. The van der Waals surface area contributed by atoms with E-state index in [1.807, 2.05) is 6.07 Å². The molecule has 0 aliphatic carbocycles. The molecule has 6 nitrogen and oxygen atoms in total. The number of aliphatic carboxylic acids is 1. The second-order valence-electron chi connectivity index (χ2n) is 4.26. The predicted molar refractivity (Wildman–Crippen MR) is 75.7 cm³/mol. The van der Waals surface area contributed by atoms with Crippen LogP contribution < -0.4 is 5.32 Å². The van der Waals surface area contributed by atoms with Gasteiger partial charge in [0.15, 0.2) is 0 Å². The minimum absolute atomic E-state index is 0.264. The number of nitrogens with zero attached hydrogens (tertiary/aromatic N) is 1. The number of pyridine rings is 1. The predicted octanol–water partition coefficient (Wildman–Crippen LogP) is 1.74. The Morgan fingerprint density at radius 1 is 1.38 bits per heavy atom. The normalized spacial score (nSPS) is 10.7. The van der Waals surface area contributed by atoms with E-state index in [2.05, 4.69) is 10.3 Å². The first-order valence-corrected chi connectivity index (χ1v) is 6.32. The van der Waals surface area contributed by atoms with Crippen molar-refractivity contribution in [3.05, 3.63) is 59.8 Å². The maximum Gasteiger partial charge on any atom is 0.328 e. The third-order valence-electron chi connectivity index (χ3n) is 2.68. The number of furan rings is 1. The summed E-state index contributed by atoms with van der Waals surface area (Å²) in [7, 11) is 0. The first-order chi connectivity index (χ1) is 10.1. The van der Waals surface area contributed by atoms with Gasteiger partial charge in [-0.15, -0.1) is 0 Å². The Labute approximate surface area is 121 Å². The zero-order valence-corrected chi connectivity index (χ0v) is 11.2. The first-order valence-electron chi connectivity index (χ1n) is 6.32. The van der Waals surface area contributed by atoms with E-state index in [1.54, 1.807) is 18.4 Å². The Balaban J connectivity index is 1.92. The first kappa shape index (κ1) is 14.5. The Morgan fingerprint density at radius 2 is 2.24 bits per heavy atom. The summed E-state index contributed by atoms with van der Waals surface area (Å²) < 4.78 is 5.17. The molecule has 0 aliphatic rings. The van der Waals surface area contributed by atoms with Crippen molar-refractivity contribution in [3.63, 3.8) is 0 Å². The molecule has 0 spiro atoms. The van der Waals surface area contributed by atoms with Crippen LogP contribution in [-0.4, -0.2) is 28.5 Å². The second-order valence-corrected chi connectivity index (χ2v) is 4.26. The highest BCUT2D eigenvalue weighted by molar-refractivity contribution is 5.94. The van der Waals surface area contributed by atoms with Crippen LogP contribution in [0, 0.1) is 0 Å². The van der Waals surface area contributed by atoms with Crippen molar-refractivity contribution in [1.29, 1.82) is 0 Å². The number of carboxylic acids is 1. The maximum atomic E-state index is 11.9. The molecule has 108 valence electrons. The number of aromatic nitrogens is 1. The molecule has 1 amide bonds. The summed E-state index contributed by atoms with van der Waals surface area (Å²) in [5, 5.41) is 11.3. The van der Waals surface area contributed by atoms with Crippen LogP contribution in [0.1, 0.15) is 21.7 Å². The van der Waals surface area contributed by atoms with Crippen molar-refractivity contribution >= 4 is 18.0 Å². The van der Waals surface area contributed by atoms with Crippen LogP contribution in [0.3, 0.4) is 0 Å². The largest absolute Gasteiger partial charge is 0.478 e. The molecular formula is C15H14N2O4. The van der Waals surface area contributed by atoms with Gasteiger partial charge >= 0.3 is 5.97 Å². The lowest BCUT2D eigenvalue weighted by molar-refractivity contribution is -0.131. The third-order valence-corrected chi connectivity index (χ3v) is 2.68. The van der Waals surface area contributed by atoms with E-state index in [0.29, 0.717) is 24.1 Å². The molecule has 2 N–H and O–H groups in total. The number of carbonyl (C=O) groups is 2. The van der Waals surface area contributed by atoms with Gasteiger partial charge in [0.25, 0.3) is 5.91 Å². The molecule has 6 heteroatoms. The molecule has 0 atom stereocenters. The zero-order chi connectivity index (χ0) is 15.1. The number of amides is 1. The van der Waals surface area contributed by atoms with Crippen LogP contribution in [0.15, 0.2) is 47.3 Å². The van der Waals surface area contributed by atoms with E-state index in [1.165, 1.54) is 18.5 Å². The zero-order valence-electron chi connectivity index (χ0n) is 11.2. The van der Waals surface area contributed by atoms with E-state index < -0.39 is 5.97 Å². The summed E-state index contributed by atoms with van der Waals surface area (Å²) in [6.45, 7) is 0.446. The molecule has 21 heavy (non-hydrogen) atoms. The van der Waals surface area contributed by atoms with Crippen LogP contribution in [-0.2, 0) is 11.2 Å². The highest BCUT2D eigenvalue weighted by atomic mass is 16.4. The molecule has 0 aromatic carbocycles.